The predicted molar refractivity (Wildman–Crippen MR) is 79.9 cm³/mol. The van der Waals surface area contributed by atoms with Crippen LogP contribution in [0.5, 0.6) is 0 Å². The van der Waals surface area contributed by atoms with E-state index in [0.717, 1.165) is 18.4 Å². The molecule has 7 nitrogen and oxygen atoms in total. The first-order chi connectivity index (χ1) is 10.8. The second kappa shape index (κ2) is 6.32. The summed E-state index contributed by atoms with van der Waals surface area (Å²) in [6.07, 6.45) is 1.65. The summed E-state index contributed by atoms with van der Waals surface area (Å²) < 4.78 is 5.11. The summed E-state index contributed by atoms with van der Waals surface area (Å²) in [5, 5.41) is 10.4. The lowest BCUT2D eigenvalue weighted by Gasteiger charge is -2.34. The Bertz CT molecular complexity index is 700. The van der Waals surface area contributed by atoms with Crippen LogP contribution in [-0.2, 0) is 0 Å². The zero-order chi connectivity index (χ0) is 15.4. The van der Waals surface area contributed by atoms with Crippen molar-refractivity contribution in [2.24, 2.45) is 11.0 Å². The second-order valence-corrected chi connectivity index (χ2v) is 5.36. The number of carbonyl (C=O) groups is 1. The van der Waals surface area contributed by atoms with Crippen LogP contribution in [0.2, 0.25) is 0 Å². The summed E-state index contributed by atoms with van der Waals surface area (Å²) in [5.41, 5.74) is 9.81. The monoisotopic (exact) mass is 297 g/mol. The number of carbonyl (C=O) groups excluding carboxylic acids is 1. The summed E-state index contributed by atoms with van der Waals surface area (Å²) in [7, 11) is 0. The normalized spacial score (nSPS) is 19.8. The Kier molecular flexibility index (Phi) is 4.07. The number of hydrogen-bond acceptors (Lipinski definition) is 4. The molecule has 1 fully saturated rings. The van der Waals surface area contributed by atoms with Crippen LogP contribution in [0.1, 0.15) is 23.4 Å². The maximum absolute atomic E-state index is 12.1. The first kappa shape index (κ1) is 14.2. The summed E-state index contributed by atoms with van der Waals surface area (Å²) in [5.74, 6) is 0.301. The Labute approximate surface area is 126 Å². The Morgan fingerprint density at radius 2 is 2.18 bits per heavy atom. The van der Waals surface area contributed by atoms with E-state index in [4.69, 9.17) is 10.1 Å². The highest BCUT2D eigenvalue weighted by atomic mass is 16.5. The first-order valence-electron chi connectivity index (χ1n) is 7.10. The second-order valence-electron chi connectivity index (χ2n) is 5.36. The molecule has 112 valence electrons. The van der Waals surface area contributed by atoms with Crippen LogP contribution < -0.4 is 5.32 Å². The molecule has 7 heteroatoms. The van der Waals surface area contributed by atoms with Crippen molar-refractivity contribution in [3.05, 3.63) is 52.6 Å². The van der Waals surface area contributed by atoms with Crippen molar-refractivity contribution < 1.29 is 9.32 Å². The molecule has 1 saturated carbocycles. The number of rotatable bonds is 5. The lowest BCUT2D eigenvalue weighted by molar-refractivity contribution is 0.0855. The fourth-order valence-electron chi connectivity index (χ4n) is 2.54. The molecule has 0 atom stereocenters. The molecule has 1 aromatic heterocycles. The molecule has 0 aliphatic heterocycles. The van der Waals surface area contributed by atoms with E-state index in [1.54, 1.807) is 6.07 Å². The highest BCUT2D eigenvalue weighted by molar-refractivity contribution is 5.92. The van der Waals surface area contributed by atoms with Gasteiger partial charge < -0.3 is 9.84 Å². The van der Waals surface area contributed by atoms with Crippen LogP contribution in [0.4, 0.5) is 0 Å². The van der Waals surface area contributed by atoms with Crippen molar-refractivity contribution in [1.29, 1.82) is 0 Å². The Morgan fingerprint density at radius 3 is 2.91 bits per heavy atom. The van der Waals surface area contributed by atoms with Crippen LogP contribution in [0, 0.1) is 5.92 Å². The summed E-state index contributed by atoms with van der Waals surface area (Å²) in [6.45, 7) is 0.489. The number of nitrogens with one attached hydrogen (secondary N) is 1. The molecule has 0 spiro atoms. The van der Waals surface area contributed by atoms with Crippen molar-refractivity contribution in [1.82, 2.24) is 10.5 Å². The number of azide groups is 1. The molecule has 1 aromatic carbocycles. The third-order valence-electron chi connectivity index (χ3n) is 3.78. The van der Waals surface area contributed by atoms with E-state index in [-0.39, 0.29) is 17.7 Å². The Morgan fingerprint density at radius 1 is 1.41 bits per heavy atom. The molecule has 0 radical (unpaired) electrons. The van der Waals surface area contributed by atoms with Gasteiger partial charge in [0.25, 0.3) is 5.91 Å². The molecule has 2 aromatic rings. The van der Waals surface area contributed by atoms with Crippen molar-refractivity contribution in [2.45, 2.75) is 18.9 Å². The van der Waals surface area contributed by atoms with Crippen molar-refractivity contribution in [3.63, 3.8) is 0 Å². The zero-order valence-electron chi connectivity index (χ0n) is 11.8. The van der Waals surface area contributed by atoms with E-state index in [9.17, 15) is 4.79 Å². The largest absolute Gasteiger partial charge is 0.350 e. The molecule has 1 amide bonds. The van der Waals surface area contributed by atoms with E-state index in [2.05, 4.69) is 20.5 Å². The van der Waals surface area contributed by atoms with Gasteiger partial charge in [0, 0.05) is 29.1 Å². The summed E-state index contributed by atoms with van der Waals surface area (Å²) in [6, 6.07) is 11.3. The minimum absolute atomic E-state index is 0.108. The van der Waals surface area contributed by atoms with Crippen LogP contribution >= 0.6 is 0 Å². The molecular weight excluding hydrogens is 282 g/mol. The van der Waals surface area contributed by atoms with E-state index < -0.39 is 0 Å². The lowest BCUT2D eigenvalue weighted by atomic mass is 9.80. The van der Waals surface area contributed by atoms with Gasteiger partial charge in [0.15, 0.2) is 0 Å². The van der Waals surface area contributed by atoms with Crippen molar-refractivity contribution in [3.8, 4) is 11.3 Å². The number of amides is 1. The average molecular weight is 297 g/mol. The number of hydrogen-bond donors (Lipinski definition) is 1. The van der Waals surface area contributed by atoms with Crippen molar-refractivity contribution in [2.75, 3.05) is 6.54 Å². The molecule has 1 heterocycles. The number of aromatic nitrogens is 1. The quantitative estimate of drug-likeness (QED) is 0.520. The topological polar surface area (TPSA) is 104 Å². The van der Waals surface area contributed by atoms with E-state index in [1.165, 1.54) is 0 Å². The van der Waals surface area contributed by atoms with Gasteiger partial charge in [-0.15, -0.1) is 0 Å². The Balaban J connectivity index is 1.56. The minimum Gasteiger partial charge on any atom is -0.350 e. The lowest BCUT2D eigenvalue weighted by Crippen LogP contribution is -2.45. The smallest absolute Gasteiger partial charge is 0.290 e. The van der Waals surface area contributed by atoms with Gasteiger partial charge in [0.1, 0.15) is 5.69 Å². The van der Waals surface area contributed by atoms with Crippen LogP contribution in [-0.4, -0.2) is 23.7 Å². The van der Waals surface area contributed by atoms with Gasteiger partial charge >= 0.3 is 0 Å². The highest BCUT2D eigenvalue weighted by Gasteiger charge is 2.30. The molecule has 1 aliphatic carbocycles. The third kappa shape index (κ3) is 3.10. The first-order valence-corrected chi connectivity index (χ1v) is 7.10. The van der Waals surface area contributed by atoms with Gasteiger partial charge in [0.05, 0.1) is 0 Å². The molecule has 0 saturated heterocycles. The van der Waals surface area contributed by atoms with E-state index in [1.807, 2.05) is 30.3 Å². The molecule has 0 bridgehead atoms. The van der Waals surface area contributed by atoms with Crippen LogP contribution in [0.25, 0.3) is 21.7 Å². The summed E-state index contributed by atoms with van der Waals surface area (Å²) in [4.78, 5) is 14.8. The predicted octanol–water partition coefficient (Wildman–Crippen LogP) is 3.16. The molecule has 0 unspecified atom stereocenters. The number of nitrogens with zero attached hydrogens (tertiary/aromatic N) is 4. The van der Waals surface area contributed by atoms with Gasteiger partial charge in [-0.25, -0.2) is 0 Å². The highest BCUT2D eigenvalue weighted by Crippen LogP contribution is 2.28. The maximum atomic E-state index is 12.1. The SMILES string of the molecule is [N-]=[N+]=NCC1CC(NC(=O)c2cc(-c3ccccc3)no2)C1. The standard InChI is InChI=1S/C15H15N5O2/c16-20-17-9-10-6-12(7-10)18-15(21)14-8-13(19-22-14)11-4-2-1-3-5-11/h1-5,8,10,12H,6-7,9H2,(H,18,21). The van der Waals surface area contributed by atoms with Gasteiger partial charge in [-0.2, -0.15) is 0 Å². The van der Waals surface area contributed by atoms with Gasteiger partial charge in [0.2, 0.25) is 5.76 Å². The van der Waals surface area contributed by atoms with Gasteiger partial charge in [-0.3, -0.25) is 4.79 Å². The summed E-state index contributed by atoms with van der Waals surface area (Å²) >= 11 is 0. The van der Waals surface area contributed by atoms with Gasteiger partial charge in [-0.05, 0) is 24.3 Å². The van der Waals surface area contributed by atoms with E-state index >= 15 is 0 Å². The Hall–Kier alpha value is -2.79. The fraction of sp³-hybridized carbons (Fsp3) is 0.333. The number of benzene rings is 1. The molecule has 1 N–H and O–H groups in total. The molecule has 3 rings (SSSR count). The van der Waals surface area contributed by atoms with Crippen LogP contribution in [0.15, 0.2) is 46.0 Å². The fourth-order valence-corrected chi connectivity index (χ4v) is 2.54. The minimum atomic E-state index is -0.262. The molecule has 1 aliphatic rings. The molecular formula is C15H15N5O2. The van der Waals surface area contributed by atoms with Crippen molar-refractivity contribution >= 4 is 5.91 Å². The molecule has 22 heavy (non-hydrogen) atoms. The van der Waals surface area contributed by atoms with E-state index in [0.29, 0.717) is 18.2 Å². The van der Waals surface area contributed by atoms with Crippen LogP contribution in [0.3, 0.4) is 0 Å². The maximum Gasteiger partial charge on any atom is 0.290 e. The third-order valence-corrected chi connectivity index (χ3v) is 3.78. The zero-order valence-corrected chi connectivity index (χ0v) is 11.8. The van der Waals surface area contributed by atoms with Gasteiger partial charge in [-0.1, -0.05) is 40.6 Å². The average Bonchev–Trinajstić information content (AvgIpc) is 3.00.